The number of rotatable bonds is 5. The number of esters is 1. The van der Waals surface area contributed by atoms with Crippen LogP contribution in [0.2, 0.25) is 0 Å². The summed E-state index contributed by atoms with van der Waals surface area (Å²) in [7, 11) is -2.42. The monoisotopic (exact) mass is 394 g/mol. The molecule has 1 aromatic heterocycles. The Bertz CT molecular complexity index is 875. The number of methoxy groups -OCH3 is 1. The van der Waals surface area contributed by atoms with Crippen molar-refractivity contribution in [3.05, 3.63) is 51.7 Å². The smallest absolute Gasteiger partial charge is 0.348 e. The van der Waals surface area contributed by atoms with Crippen molar-refractivity contribution in [3.8, 4) is 0 Å². The third-order valence-corrected chi connectivity index (χ3v) is 7.48. The van der Waals surface area contributed by atoms with Crippen LogP contribution in [0.1, 0.15) is 33.8 Å². The molecular formula is C18H22N2O4S2. The summed E-state index contributed by atoms with van der Waals surface area (Å²) in [4.78, 5) is 12.1. The molecule has 8 heteroatoms. The SMILES string of the molecule is CCc1ccc(C2CNCCN2S(=O)(=O)c2csc(C(=O)OC)c2)cc1. The largest absolute Gasteiger partial charge is 0.465 e. The third kappa shape index (κ3) is 3.68. The van der Waals surface area contributed by atoms with Gasteiger partial charge < -0.3 is 10.1 Å². The Morgan fingerprint density at radius 1 is 1.35 bits per heavy atom. The highest BCUT2D eigenvalue weighted by Crippen LogP contribution is 2.31. The molecule has 0 bridgehead atoms. The fraction of sp³-hybridized carbons (Fsp3) is 0.389. The van der Waals surface area contributed by atoms with Crippen molar-refractivity contribution < 1.29 is 17.9 Å². The summed E-state index contributed by atoms with van der Waals surface area (Å²) in [6.45, 7) is 3.62. The number of nitrogens with one attached hydrogen (secondary N) is 1. The van der Waals surface area contributed by atoms with Crippen molar-refractivity contribution in [1.82, 2.24) is 9.62 Å². The Balaban J connectivity index is 1.92. The van der Waals surface area contributed by atoms with E-state index >= 15 is 0 Å². The van der Waals surface area contributed by atoms with Crippen molar-refractivity contribution in [2.24, 2.45) is 0 Å². The molecule has 0 radical (unpaired) electrons. The van der Waals surface area contributed by atoms with Gasteiger partial charge in [0.25, 0.3) is 0 Å². The summed E-state index contributed by atoms with van der Waals surface area (Å²) in [5.74, 6) is -0.525. The first kappa shape index (κ1) is 19.0. The summed E-state index contributed by atoms with van der Waals surface area (Å²) >= 11 is 1.08. The van der Waals surface area contributed by atoms with Gasteiger partial charge in [0.2, 0.25) is 10.0 Å². The number of carbonyl (C=O) groups is 1. The van der Waals surface area contributed by atoms with E-state index in [-0.39, 0.29) is 15.8 Å². The van der Waals surface area contributed by atoms with Crippen LogP contribution in [-0.4, -0.2) is 45.4 Å². The lowest BCUT2D eigenvalue weighted by Crippen LogP contribution is -2.48. The number of ether oxygens (including phenoxy) is 1. The zero-order valence-electron chi connectivity index (χ0n) is 14.8. The Kier molecular flexibility index (Phi) is 5.76. The molecule has 1 fully saturated rings. The Labute approximate surface area is 157 Å². The highest BCUT2D eigenvalue weighted by Gasteiger charge is 2.35. The van der Waals surface area contributed by atoms with Gasteiger partial charge in [-0.25, -0.2) is 13.2 Å². The van der Waals surface area contributed by atoms with E-state index in [1.54, 1.807) is 0 Å². The van der Waals surface area contributed by atoms with Gasteiger partial charge in [-0.15, -0.1) is 11.3 Å². The maximum Gasteiger partial charge on any atom is 0.348 e. The molecule has 1 saturated heterocycles. The first-order chi connectivity index (χ1) is 12.5. The van der Waals surface area contributed by atoms with Crippen LogP contribution in [0.15, 0.2) is 40.6 Å². The van der Waals surface area contributed by atoms with Gasteiger partial charge in [0, 0.05) is 25.0 Å². The zero-order chi connectivity index (χ0) is 18.7. The molecule has 140 valence electrons. The number of hydrogen-bond acceptors (Lipinski definition) is 6. The molecule has 2 aromatic rings. The standard InChI is InChI=1S/C18H22N2O4S2/c1-3-13-4-6-14(7-5-13)16-11-19-8-9-20(16)26(22,23)15-10-17(25-12-15)18(21)24-2/h4-7,10,12,16,19H,3,8-9,11H2,1-2H3. The third-order valence-electron chi connectivity index (χ3n) is 4.54. The van der Waals surface area contributed by atoms with Gasteiger partial charge in [-0.2, -0.15) is 4.31 Å². The van der Waals surface area contributed by atoms with Crippen LogP contribution in [0.4, 0.5) is 0 Å². The van der Waals surface area contributed by atoms with Gasteiger partial charge in [0.15, 0.2) is 0 Å². The minimum Gasteiger partial charge on any atom is -0.465 e. The molecule has 1 atom stereocenters. The lowest BCUT2D eigenvalue weighted by molar-refractivity contribution is 0.0606. The van der Waals surface area contributed by atoms with Crippen molar-refractivity contribution in [1.29, 1.82) is 0 Å². The lowest BCUT2D eigenvalue weighted by atomic mass is 10.0. The number of piperazine rings is 1. The molecule has 1 N–H and O–H groups in total. The number of nitrogens with zero attached hydrogens (tertiary/aromatic N) is 1. The second-order valence-electron chi connectivity index (χ2n) is 6.07. The van der Waals surface area contributed by atoms with Crippen molar-refractivity contribution in [3.63, 3.8) is 0 Å². The average molecular weight is 395 g/mol. The number of hydrogen-bond donors (Lipinski definition) is 1. The number of thiophene rings is 1. The van der Waals surface area contributed by atoms with E-state index in [0.717, 1.165) is 23.3 Å². The molecule has 26 heavy (non-hydrogen) atoms. The van der Waals surface area contributed by atoms with Gasteiger partial charge in [-0.3, -0.25) is 0 Å². The lowest BCUT2D eigenvalue weighted by Gasteiger charge is -2.35. The molecule has 1 aliphatic heterocycles. The van der Waals surface area contributed by atoms with E-state index < -0.39 is 16.0 Å². The Hall–Kier alpha value is -1.74. The fourth-order valence-electron chi connectivity index (χ4n) is 3.03. The second-order valence-corrected chi connectivity index (χ2v) is 8.87. The predicted octanol–water partition coefficient (Wildman–Crippen LogP) is 2.43. The maximum absolute atomic E-state index is 13.2. The predicted molar refractivity (Wildman–Crippen MR) is 101 cm³/mol. The van der Waals surface area contributed by atoms with Crippen molar-refractivity contribution >= 4 is 27.3 Å². The van der Waals surface area contributed by atoms with Gasteiger partial charge in [0.1, 0.15) is 4.88 Å². The average Bonchev–Trinajstić information content (AvgIpc) is 3.18. The molecule has 1 unspecified atom stereocenters. The van der Waals surface area contributed by atoms with Crippen LogP contribution in [-0.2, 0) is 21.2 Å². The summed E-state index contributed by atoms with van der Waals surface area (Å²) in [5, 5.41) is 4.77. The summed E-state index contributed by atoms with van der Waals surface area (Å²) in [6, 6.07) is 9.18. The first-order valence-corrected chi connectivity index (χ1v) is 10.8. The number of aryl methyl sites for hydroxylation is 1. The van der Waals surface area contributed by atoms with E-state index in [9.17, 15) is 13.2 Å². The van der Waals surface area contributed by atoms with Crippen LogP contribution in [0.5, 0.6) is 0 Å². The molecule has 0 aliphatic carbocycles. The molecule has 0 spiro atoms. The first-order valence-electron chi connectivity index (χ1n) is 8.45. The molecular weight excluding hydrogens is 372 g/mol. The molecule has 1 aliphatic rings. The van der Waals surface area contributed by atoms with E-state index in [1.807, 2.05) is 24.3 Å². The molecule has 0 amide bonds. The van der Waals surface area contributed by atoms with Gasteiger partial charge >= 0.3 is 5.97 Å². The quantitative estimate of drug-likeness (QED) is 0.789. The van der Waals surface area contributed by atoms with Crippen LogP contribution in [0.3, 0.4) is 0 Å². The van der Waals surface area contributed by atoms with Crippen LogP contribution < -0.4 is 5.32 Å². The van der Waals surface area contributed by atoms with E-state index in [1.165, 1.54) is 28.4 Å². The zero-order valence-corrected chi connectivity index (χ0v) is 16.4. The van der Waals surface area contributed by atoms with Gasteiger partial charge in [0.05, 0.1) is 18.0 Å². The molecule has 0 saturated carbocycles. The van der Waals surface area contributed by atoms with E-state index in [2.05, 4.69) is 17.0 Å². The minimum atomic E-state index is -3.70. The highest BCUT2D eigenvalue weighted by molar-refractivity contribution is 7.89. The summed E-state index contributed by atoms with van der Waals surface area (Å²) in [6.07, 6.45) is 0.941. The van der Waals surface area contributed by atoms with Gasteiger partial charge in [-0.05, 0) is 23.6 Å². The normalized spacial score (nSPS) is 18.6. The number of carbonyl (C=O) groups excluding carboxylic acids is 1. The maximum atomic E-state index is 13.2. The number of sulfonamides is 1. The van der Waals surface area contributed by atoms with Crippen LogP contribution in [0.25, 0.3) is 0 Å². The van der Waals surface area contributed by atoms with E-state index in [4.69, 9.17) is 0 Å². The fourth-order valence-corrected chi connectivity index (χ4v) is 5.82. The molecule has 3 rings (SSSR count). The van der Waals surface area contributed by atoms with Crippen molar-refractivity contribution in [2.45, 2.75) is 24.3 Å². The highest BCUT2D eigenvalue weighted by atomic mass is 32.2. The van der Waals surface area contributed by atoms with Gasteiger partial charge in [-0.1, -0.05) is 31.2 Å². The second kappa shape index (κ2) is 7.87. The summed E-state index contributed by atoms with van der Waals surface area (Å²) < 4.78 is 32.5. The Morgan fingerprint density at radius 2 is 2.08 bits per heavy atom. The Morgan fingerprint density at radius 3 is 2.73 bits per heavy atom. The minimum absolute atomic E-state index is 0.139. The van der Waals surface area contributed by atoms with Crippen molar-refractivity contribution in [2.75, 3.05) is 26.7 Å². The van der Waals surface area contributed by atoms with Crippen LogP contribution >= 0.6 is 11.3 Å². The van der Waals surface area contributed by atoms with Crippen LogP contribution in [0, 0.1) is 0 Å². The van der Waals surface area contributed by atoms with E-state index in [0.29, 0.717) is 19.6 Å². The number of benzene rings is 1. The topological polar surface area (TPSA) is 75.7 Å². The summed E-state index contributed by atoms with van der Waals surface area (Å²) in [5.41, 5.74) is 2.17. The molecule has 6 nitrogen and oxygen atoms in total. The molecule has 1 aromatic carbocycles. The molecule has 2 heterocycles.